The molecule has 0 radical (unpaired) electrons. The van der Waals surface area contributed by atoms with Crippen LogP contribution in [0.15, 0.2) is 0 Å². The minimum atomic E-state index is 0.418. The van der Waals surface area contributed by atoms with E-state index in [2.05, 4.69) is 14.8 Å². The normalized spacial score (nSPS) is 15.9. The summed E-state index contributed by atoms with van der Waals surface area (Å²) >= 11 is 5.81. The summed E-state index contributed by atoms with van der Waals surface area (Å²) in [4.78, 5) is 0. The van der Waals surface area contributed by atoms with Gasteiger partial charge < -0.3 is 9.30 Å². The molecule has 0 unspecified atom stereocenters. The lowest BCUT2D eigenvalue weighted by Gasteiger charge is -2.07. The second-order valence-corrected chi connectivity index (χ2v) is 4.23. The van der Waals surface area contributed by atoms with E-state index in [0.717, 1.165) is 30.5 Å². The van der Waals surface area contributed by atoms with Crippen LogP contribution in [-0.2, 0) is 23.6 Å². The van der Waals surface area contributed by atoms with Crippen molar-refractivity contribution in [2.75, 3.05) is 13.7 Å². The monoisotopic (exact) mass is 229 g/mol. The van der Waals surface area contributed by atoms with Crippen LogP contribution in [0.1, 0.15) is 24.5 Å². The van der Waals surface area contributed by atoms with Crippen LogP contribution in [0.5, 0.6) is 0 Å². The Morgan fingerprint density at radius 1 is 1.40 bits per heavy atom. The Hall–Kier alpha value is -0.610. The number of hydrogen-bond acceptors (Lipinski definition) is 3. The molecule has 1 aromatic rings. The second-order valence-electron chi connectivity index (χ2n) is 3.96. The minimum absolute atomic E-state index is 0.418. The second kappa shape index (κ2) is 4.94. The Morgan fingerprint density at radius 3 is 2.73 bits per heavy atom. The van der Waals surface area contributed by atoms with E-state index in [0.29, 0.717) is 12.5 Å². The molecule has 0 saturated heterocycles. The highest BCUT2D eigenvalue weighted by Gasteiger charge is 2.24. The van der Waals surface area contributed by atoms with Gasteiger partial charge in [-0.05, 0) is 18.8 Å². The summed E-state index contributed by atoms with van der Waals surface area (Å²) < 4.78 is 7.16. The highest BCUT2D eigenvalue weighted by Crippen LogP contribution is 2.32. The van der Waals surface area contributed by atoms with Crippen LogP contribution in [0.4, 0.5) is 0 Å². The van der Waals surface area contributed by atoms with Gasteiger partial charge in [0.25, 0.3) is 0 Å². The molecule has 1 fully saturated rings. The molecular formula is C10H16ClN3O. The summed E-state index contributed by atoms with van der Waals surface area (Å²) in [5, 5.41) is 8.29. The largest absolute Gasteiger partial charge is 0.383 e. The van der Waals surface area contributed by atoms with Gasteiger partial charge in [0.2, 0.25) is 0 Å². The summed E-state index contributed by atoms with van der Waals surface area (Å²) in [6.07, 6.45) is 3.69. The standard InChI is InChI=1S/C10H16ClN3O/c1-15-5-4-14-9(6-8-2-3-8)12-13-10(14)7-11/h8H,2-7H2,1H3. The van der Waals surface area contributed by atoms with Gasteiger partial charge in [-0.15, -0.1) is 21.8 Å². The molecule has 2 rings (SSSR count). The molecule has 0 spiro atoms. The molecule has 1 aromatic heterocycles. The molecule has 15 heavy (non-hydrogen) atoms. The number of aromatic nitrogens is 3. The molecular weight excluding hydrogens is 214 g/mol. The molecule has 1 heterocycles. The van der Waals surface area contributed by atoms with Gasteiger partial charge in [0.1, 0.15) is 11.6 Å². The van der Waals surface area contributed by atoms with Crippen molar-refractivity contribution < 1.29 is 4.74 Å². The van der Waals surface area contributed by atoms with Crippen molar-refractivity contribution >= 4 is 11.6 Å². The van der Waals surface area contributed by atoms with Crippen LogP contribution in [0.2, 0.25) is 0 Å². The van der Waals surface area contributed by atoms with Crippen molar-refractivity contribution in [3.8, 4) is 0 Å². The fourth-order valence-electron chi connectivity index (χ4n) is 1.64. The Labute approximate surface area is 94.6 Å². The fraction of sp³-hybridized carbons (Fsp3) is 0.800. The Morgan fingerprint density at radius 2 is 2.13 bits per heavy atom. The van der Waals surface area contributed by atoms with E-state index in [1.54, 1.807) is 7.11 Å². The van der Waals surface area contributed by atoms with E-state index in [1.165, 1.54) is 12.8 Å². The molecule has 1 aliphatic rings. The van der Waals surface area contributed by atoms with E-state index < -0.39 is 0 Å². The van der Waals surface area contributed by atoms with Gasteiger partial charge in [-0.2, -0.15) is 0 Å². The average molecular weight is 230 g/mol. The van der Waals surface area contributed by atoms with Crippen LogP contribution in [-0.4, -0.2) is 28.5 Å². The van der Waals surface area contributed by atoms with Gasteiger partial charge in [0.15, 0.2) is 0 Å². The fourth-order valence-corrected chi connectivity index (χ4v) is 1.84. The molecule has 0 atom stereocenters. The van der Waals surface area contributed by atoms with Crippen LogP contribution in [0.25, 0.3) is 0 Å². The lowest BCUT2D eigenvalue weighted by Crippen LogP contribution is -2.11. The Bertz CT molecular complexity index is 322. The number of halogens is 1. The maximum Gasteiger partial charge on any atom is 0.148 e. The van der Waals surface area contributed by atoms with E-state index in [-0.39, 0.29) is 0 Å². The highest BCUT2D eigenvalue weighted by atomic mass is 35.5. The molecule has 84 valence electrons. The lowest BCUT2D eigenvalue weighted by atomic mass is 10.3. The van der Waals surface area contributed by atoms with Crippen molar-refractivity contribution in [1.29, 1.82) is 0 Å². The first-order chi connectivity index (χ1) is 7.35. The van der Waals surface area contributed by atoms with Gasteiger partial charge in [0.05, 0.1) is 12.5 Å². The Balaban J connectivity index is 2.08. The summed E-state index contributed by atoms with van der Waals surface area (Å²) in [5.74, 6) is 3.15. The summed E-state index contributed by atoms with van der Waals surface area (Å²) in [6, 6.07) is 0. The Kier molecular flexibility index (Phi) is 3.59. The SMILES string of the molecule is COCCn1c(CCl)nnc1CC1CC1. The zero-order valence-corrected chi connectivity index (χ0v) is 9.70. The van der Waals surface area contributed by atoms with E-state index in [1.807, 2.05) is 0 Å². The van der Waals surface area contributed by atoms with Crippen molar-refractivity contribution in [3.05, 3.63) is 11.6 Å². The maximum absolute atomic E-state index is 5.81. The van der Waals surface area contributed by atoms with Gasteiger partial charge in [0, 0.05) is 20.1 Å². The van der Waals surface area contributed by atoms with Gasteiger partial charge in [-0.25, -0.2) is 0 Å². The summed E-state index contributed by atoms with van der Waals surface area (Å²) in [7, 11) is 1.70. The zero-order chi connectivity index (χ0) is 10.7. The smallest absolute Gasteiger partial charge is 0.148 e. The van der Waals surface area contributed by atoms with Crippen LogP contribution >= 0.6 is 11.6 Å². The molecule has 0 N–H and O–H groups in total. The van der Waals surface area contributed by atoms with Crippen molar-refractivity contribution in [2.45, 2.75) is 31.7 Å². The molecule has 5 heteroatoms. The zero-order valence-electron chi connectivity index (χ0n) is 8.95. The maximum atomic E-state index is 5.81. The highest BCUT2D eigenvalue weighted by molar-refractivity contribution is 6.16. The predicted molar refractivity (Wildman–Crippen MR) is 57.9 cm³/mol. The number of hydrogen-bond donors (Lipinski definition) is 0. The van der Waals surface area contributed by atoms with Gasteiger partial charge in [-0.3, -0.25) is 0 Å². The molecule has 4 nitrogen and oxygen atoms in total. The van der Waals surface area contributed by atoms with Crippen molar-refractivity contribution in [1.82, 2.24) is 14.8 Å². The average Bonchev–Trinajstić information content (AvgIpc) is 2.97. The van der Waals surface area contributed by atoms with Gasteiger partial charge in [-0.1, -0.05) is 0 Å². The summed E-state index contributed by atoms with van der Waals surface area (Å²) in [5.41, 5.74) is 0. The molecule has 0 bridgehead atoms. The first-order valence-corrected chi connectivity index (χ1v) is 5.84. The van der Waals surface area contributed by atoms with Crippen molar-refractivity contribution in [2.24, 2.45) is 5.92 Å². The number of nitrogens with zero attached hydrogens (tertiary/aromatic N) is 3. The van der Waals surface area contributed by atoms with E-state index >= 15 is 0 Å². The van der Waals surface area contributed by atoms with Crippen LogP contribution in [0.3, 0.4) is 0 Å². The third kappa shape index (κ3) is 2.69. The van der Waals surface area contributed by atoms with Crippen LogP contribution in [0, 0.1) is 5.92 Å². The number of rotatable bonds is 6. The number of methoxy groups -OCH3 is 1. The third-order valence-corrected chi connectivity index (χ3v) is 2.95. The summed E-state index contributed by atoms with van der Waals surface area (Å²) in [6.45, 7) is 1.48. The molecule has 0 amide bonds. The van der Waals surface area contributed by atoms with Crippen LogP contribution < -0.4 is 0 Å². The quantitative estimate of drug-likeness (QED) is 0.696. The lowest BCUT2D eigenvalue weighted by molar-refractivity contribution is 0.185. The van der Waals surface area contributed by atoms with Crippen molar-refractivity contribution in [3.63, 3.8) is 0 Å². The molecule has 0 aliphatic heterocycles. The number of alkyl halides is 1. The molecule has 0 aromatic carbocycles. The first-order valence-electron chi connectivity index (χ1n) is 5.31. The topological polar surface area (TPSA) is 39.9 Å². The van der Waals surface area contributed by atoms with E-state index in [9.17, 15) is 0 Å². The molecule has 1 aliphatic carbocycles. The van der Waals surface area contributed by atoms with Gasteiger partial charge >= 0.3 is 0 Å². The first kappa shape index (κ1) is 10.9. The minimum Gasteiger partial charge on any atom is -0.383 e. The van der Waals surface area contributed by atoms with E-state index in [4.69, 9.17) is 16.3 Å². The number of ether oxygens (including phenoxy) is 1. The third-order valence-electron chi connectivity index (χ3n) is 2.71. The molecule has 1 saturated carbocycles. The predicted octanol–water partition coefficient (Wildman–Crippen LogP) is 1.62.